The van der Waals surface area contributed by atoms with E-state index in [0.717, 1.165) is 0 Å². The van der Waals surface area contributed by atoms with E-state index in [1.54, 1.807) is 0 Å². The van der Waals surface area contributed by atoms with Crippen molar-refractivity contribution in [2.45, 2.75) is 26.2 Å². The van der Waals surface area contributed by atoms with Gasteiger partial charge in [-0.05, 0) is 34.7 Å². The summed E-state index contributed by atoms with van der Waals surface area (Å²) in [6, 6.07) is 7.92. The Kier molecular flexibility index (Phi) is 3.29. The van der Waals surface area contributed by atoms with Crippen LogP contribution in [-0.2, 0) is 5.41 Å². The van der Waals surface area contributed by atoms with Gasteiger partial charge in [-0.3, -0.25) is 0 Å². The van der Waals surface area contributed by atoms with Crippen LogP contribution in [0.4, 0.5) is 0 Å². The normalized spacial score (nSPS) is 11.8. The second kappa shape index (κ2) is 5.00. The fourth-order valence-electron chi connectivity index (χ4n) is 1.99. The minimum atomic E-state index is 0.0476. The molecule has 108 valence electrons. The summed E-state index contributed by atoms with van der Waals surface area (Å²) < 4.78 is 5.86. The monoisotopic (exact) mass is 302 g/mol. The van der Waals surface area contributed by atoms with Crippen LogP contribution in [0.5, 0.6) is 11.6 Å². The quantitative estimate of drug-likeness (QED) is 0.724. The van der Waals surface area contributed by atoms with Crippen LogP contribution in [-0.4, -0.2) is 19.9 Å². The van der Waals surface area contributed by atoms with Gasteiger partial charge in [0.2, 0.25) is 11.2 Å². The minimum Gasteiger partial charge on any atom is -0.437 e. The molecule has 3 rings (SSSR count). The van der Waals surface area contributed by atoms with Crippen molar-refractivity contribution in [2.24, 2.45) is 0 Å². The molecule has 2 aromatic heterocycles. The molecule has 1 aromatic carbocycles. The molecule has 3 aromatic rings. The van der Waals surface area contributed by atoms with Crippen LogP contribution < -0.4 is 4.74 Å². The Morgan fingerprint density at radius 2 is 2.00 bits per heavy atom. The molecule has 0 saturated carbocycles. The number of hydrogen-bond donors (Lipinski definition) is 1. The number of rotatable bonds is 2. The molecule has 0 unspecified atom stereocenters. The Labute approximate surface area is 127 Å². The third kappa shape index (κ3) is 2.83. The first-order chi connectivity index (χ1) is 9.93. The molecule has 0 saturated heterocycles. The van der Waals surface area contributed by atoms with Crippen molar-refractivity contribution in [3.63, 3.8) is 0 Å². The highest BCUT2D eigenvalue weighted by Gasteiger charge is 2.15. The number of benzene rings is 1. The fourth-order valence-corrected chi connectivity index (χ4v) is 2.15. The van der Waals surface area contributed by atoms with Crippen LogP contribution in [0.1, 0.15) is 26.3 Å². The summed E-state index contributed by atoms with van der Waals surface area (Å²) in [5.41, 5.74) is 2.34. The lowest BCUT2D eigenvalue weighted by atomic mass is 9.87. The lowest BCUT2D eigenvalue weighted by Gasteiger charge is -2.19. The fraction of sp³-hybridized carbons (Fsp3) is 0.267. The van der Waals surface area contributed by atoms with E-state index in [-0.39, 0.29) is 10.7 Å². The number of halogens is 1. The Morgan fingerprint density at radius 1 is 1.19 bits per heavy atom. The van der Waals surface area contributed by atoms with Crippen LogP contribution in [0.3, 0.4) is 0 Å². The molecule has 5 nitrogen and oxygen atoms in total. The van der Waals surface area contributed by atoms with E-state index < -0.39 is 0 Å². The van der Waals surface area contributed by atoms with Crippen LogP contribution in [0, 0.1) is 0 Å². The van der Waals surface area contributed by atoms with Gasteiger partial charge < -0.3 is 9.72 Å². The molecule has 0 radical (unpaired) electrons. The highest BCUT2D eigenvalue weighted by atomic mass is 35.5. The average molecular weight is 303 g/mol. The van der Waals surface area contributed by atoms with Gasteiger partial charge in [-0.15, -0.1) is 0 Å². The Balaban J connectivity index is 2.01. The van der Waals surface area contributed by atoms with Crippen molar-refractivity contribution in [2.75, 3.05) is 0 Å². The van der Waals surface area contributed by atoms with E-state index in [1.165, 1.54) is 11.9 Å². The number of hydrogen-bond acceptors (Lipinski definition) is 4. The van der Waals surface area contributed by atoms with Gasteiger partial charge in [0.25, 0.3) is 0 Å². The molecule has 0 fully saturated rings. The van der Waals surface area contributed by atoms with Gasteiger partial charge in [0.15, 0.2) is 5.65 Å². The molecule has 0 atom stereocenters. The number of aromatic amines is 1. The van der Waals surface area contributed by atoms with Crippen molar-refractivity contribution in [3.8, 4) is 11.6 Å². The molecule has 2 heterocycles. The maximum atomic E-state index is 5.89. The molecule has 0 aliphatic rings. The molecule has 6 heteroatoms. The van der Waals surface area contributed by atoms with E-state index in [0.29, 0.717) is 22.8 Å². The third-order valence-electron chi connectivity index (χ3n) is 3.14. The zero-order chi connectivity index (χ0) is 15.0. The maximum absolute atomic E-state index is 5.89. The highest BCUT2D eigenvalue weighted by Crippen LogP contribution is 2.30. The lowest BCUT2D eigenvalue weighted by molar-refractivity contribution is 0.464. The molecule has 0 aliphatic heterocycles. The second-order valence-corrected chi connectivity index (χ2v) is 6.12. The molecular formula is C15H15ClN4O. The maximum Gasteiger partial charge on any atom is 0.250 e. The molecule has 21 heavy (non-hydrogen) atoms. The summed E-state index contributed by atoms with van der Waals surface area (Å²) in [6.45, 7) is 6.46. The lowest BCUT2D eigenvalue weighted by Crippen LogP contribution is -2.10. The number of nitrogens with zero attached hydrogens (tertiary/aromatic N) is 3. The summed E-state index contributed by atoms with van der Waals surface area (Å²) in [5.74, 6) is 1.07. The summed E-state index contributed by atoms with van der Waals surface area (Å²) in [7, 11) is 0. The summed E-state index contributed by atoms with van der Waals surface area (Å²) >= 11 is 5.89. The summed E-state index contributed by atoms with van der Waals surface area (Å²) in [6.07, 6.45) is 1.54. The topological polar surface area (TPSA) is 63.7 Å². The predicted octanol–water partition coefficient (Wildman–Crippen LogP) is 4.10. The standard InChI is InChI=1S/C15H15ClN4O/c1-15(2,3)9-5-4-6-10(7-9)21-13-11-12(18-8-17-11)19-14(16)20-13/h4-8H,1-3H3,(H,17,18,19,20). The van der Waals surface area contributed by atoms with E-state index in [1.807, 2.05) is 18.2 Å². The smallest absolute Gasteiger partial charge is 0.250 e. The second-order valence-electron chi connectivity index (χ2n) is 5.78. The molecule has 0 spiro atoms. The van der Waals surface area contributed by atoms with Crippen molar-refractivity contribution in [1.82, 2.24) is 19.9 Å². The molecule has 0 amide bonds. The summed E-state index contributed by atoms with van der Waals surface area (Å²) in [4.78, 5) is 15.2. The molecule has 0 bridgehead atoms. The zero-order valence-corrected chi connectivity index (χ0v) is 12.8. The third-order valence-corrected chi connectivity index (χ3v) is 3.31. The van der Waals surface area contributed by atoms with Crippen LogP contribution >= 0.6 is 11.6 Å². The number of nitrogens with one attached hydrogen (secondary N) is 1. The Bertz CT molecular complexity index is 792. The van der Waals surface area contributed by atoms with E-state index >= 15 is 0 Å². The van der Waals surface area contributed by atoms with Crippen molar-refractivity contribution in [1.29, 1.82) is 0 Å². The minimum absolute atomic E-state index is 0.0476. The van der Waals surface area contributed by atoms with E-state index in [9.17, 15) is 0 Å². The molecule has 0 aliphatic carbocycles. The molecular weight excluding hydrogens is 288 g/mol. The van der Waals surface area contributed by atoms with Crippen LogP contribution in [0.2, 0.25) is 5.28 Å². The van der Waals surface area contributed by atoms with Gasteiger partial charge in [-0.2, -0.15) is 9.97 Å². The van der Waals surface area contributed by atoms with Crippen molar-refractivity contribution in [3.05, 3.63) is 41.4 Å². The first-order valence-corrected chi connectivity index (χ1v) is 6.96. The van der Waals surface area contributed by atoms with Gasteiger partial charge >= 0.3 is 0 Å². The van der Waals surface area contributed by atoms with Gasteiger partial charge in [-0.1, -0.05) is 32.9 Å². The van der Waals surface area contributed by atoms with Crippen molar-refractivity contribution >= 4 is 22.8 Å². The Morgan fingerprint density at radius 3 is 2.76 bits per heavy atom. The van der Waals surface area contributed by atoms with E-state index in [4.69, 9.17) is 16.3 Å². The number of aromatic nitrogens is 4. The largest absolute Gasteiger partial charge is 0.437 e. The Hall–Kier alpha value is -2.14. The number of imidazole rings is 1. The number of fused-ring (bicyclic) bond motifs is 1. The zero-order valence-electron chi connectivity index (χ0n) is 12.0. The van der Waals surface area contributed by atoms with Crippen LogP contribution in [0.25, 0.3) is 11.2 Å². The highest BCUT2D eigenvalue weighted by molar-refractivity contribution is 6.28. The van der Waals surface area contributed by atoms with Gasteiger partial charge in [0, 0.05) is 0 Å². The van der Waals surface area contributed by atoms with Crippen molar-refractivity contribution < 1.29 is 4.74 Å². The van der Waals surface area contributed by atoms with Gasteiger partial charge in [0.1, 0.15) is 11.3 Å². The SMILES string of the molecule is CC(C)(C)c1cccc(Oc2nc(Cl)nc3nc[nH]c23)c1. The van der Waals surface area contributed by atoms with Gasteiger partial charge in [-0.25, -0.2) is 4.98 Å². The van der Waals surface area contributed by atoms with E-state index in [2.05, 4.69) is 46.8 Å². The first kappa shape index (κ1) is 13.8. The van der Waals surface area contributed by atoms with Crippen LogP contribution in [0.15, 0.2) is 30.6 Å². The summed E-state index contributed by atoms with van der Waals surface area (Å²) in [5, 5.41) is 0.108. The molecule has 1 N–H and O–H groups in total. The first-order valence-electron chi connectivity index (χ1n) is 6.58. The average Bonchev–Trinajstić information content (AvgIpc) is 2.86. The van der Waals surface area contributed by atoms with Gasteiger partial charge in [0.05, 0.1) is 6.33 Å². The predicted molar refractivity (Wildman–Crippen MR) is 81.9 cm³/mol. The number of ether oxygens (including phenoxy) is 1. The number of H-pyrrole nitrogens is 1.